The van der Waals surface area contributed by atoms with Gasteiger partial charge in [-0.05, 0) is 48.2 Å². The van der Waals surface area contributed by atoms with Crippen LogP contribution in [0.3, 0.4) is 0 Å². The summed E-state index contributed by atoms with van der Waals surface area (Å²) >= 11 is 3.53. The second-order valence-electron chi connectivity index (χ2n) is 5.17. The number of benzene rings is 2. The van der Waals surface area contributed by atoms with Gasteiger partial charge in [-0.15, -0.1) is 0 Å². The van der Waals surface area contributed by atoms with Crippen LogP contribution in [-0.2, 0) is 0 Å². The fraction of sp³-hybridized carbons (Fsp3) is 0.167. The van der Waals surface area contributed by atoms with Gasteiger partial charge in [0.15, 0.2) is 0 Å². The van der Waals surface area contributed by atoms with Crippen molar-refractivity contribution in [1.29, 1.82) is 0 Å². The number of hydrogen-bond acceptors (Lipinski definition) is 2. The second-order valence-corrected chi connectivity index (χ2v) is 6.09. The van der Waals surface area contributed by atoms with Crippen LogP contribution in [0, 0.1) is 6.92 Å². The van der Waals surface area contributed by atoms with E-state index in [4.69, 9.17) is 0 Å². The average molecular weight is 341 g/mol. The summed E-state index contributed by atoms with van der Waals surface area (Å²) in [7, 11) is 1.99. The Bertz CT molecular complexity index is 778. The maximum atomic E-state index is 4.41. The van der Waals surface area contributed by atoms with E-state index in [1.165, 1.54) is 27.5 Å². The van der Waals surface area contributed by atoms with Crippen LogP contribution >= 0.6 is 15.9 Å². The number of pyridine rings is 1. The number of halogens is 1. The molecular formula is C18H17BrN2. The number of fused-ring (bicyclic) bond motifs is 1. The van der Waals surface area contributed by atoms with Crippen molar-refractivity contribution in [3.63, 3.8) is 0 Å². The monoisotopic (exact) mass is 340 g/mol. The first-order valence-corrected chi connectivity index (χ1v) is 7.76. The van der Waals surface area contributed by atoms with Crippen LogP contribution < -0.4 is 5.32 Å². The Kier molecular flexibility index (Phi) is 4.04. The minimum absolute atomic E-state index is 0.136. The van der Waals surface area contributed by atoms with E-state index in [0.29, 0.717) is 0 Å². The lowest BCUT2D eigenvalue weighted by Gasteiger charge is -2.21. The molecule has 1 heterocycles. The normalized spacial score (nSPS) is 12.5. The summed E-state index contributed by atoms with van der Waals surface area (Å²) < 4.78 is 1.11. The molecule has 1 N–H and O–H groups in total. The Labute approximate surface area is 133 Å². The molecule has 0 saturated heterocycles. The van der Waals surface area contributed by atoms with Gasteiger partial charge in [-0.3, -0.25) is 4.98 Å². The zero-order valence-electron chi connectivity index (χ0n) is 12.1. The van der Waals surface area contributed by atoms with E-state index in [1.54, 1.807) is 0 Å². The first-order chi connectivity index (χ1) is 10.2. The summed E-state index contributed by atoms with van der Waals surface area (Å²) in [5.74, 6) is 0. The predicted molar refractivity (Wildman–Crippen MR) is 91.5 cm³/mol. The Morgan fingerprint density at radius 2 is 1.86 bits per heavy atom. The van der Waals surface area contributed by atoms with Crippen LogP contribution in [-0.4, -0.2) is 12.0 Å². The van der Waals surface area contributed by atoms with Gasteiger partial charge in [0, 0.05) is 22.3 Å². The lowest BCUT2D eigenvalue weighted by Crippen LogP contribution is -2.19. The number of hydrogen-bond donors (Lipinski definition) is 1. The maximum absolute atomic E-state index is 4.41. The van der Waals surface area contributed by atoms with E-state index < -0.39 is 0 Å². The summed E-state index contributed by atoms with van der Waals surface area (Å²) in [6, 6.07) is 14.9. The van der Waals surface area contributed by atoms with Crippen LogP contribution in [0.5, 0.6) is 0 Å². The maximum Gasteiger partial charge on any atom is 0.0598 e. The lowest BCUT2D eigenvalue weighted by molar-refractivity contribution is 0.690. The minimum Gasteiger partial charge on any atom is -0.309 e. The largest absolute Gasteiger partial charge is 0.309 e. The molecule has 3 aromatic rings. The molecule has 0 fully saturated rings. The SMILES string of the molecule is CNC(c1ccc(Br)cc1C)c1cncc2ccccc12. The van der Waals surface area contributed by atoms with E-state index in [1.807, 2.05) is 25.5 Å². The summed E-state index contributed by atoms with van der Waals surface area (Å²) in [6.45, 7) is 2.14. The van der Waals surface area contributed by atoms with Crippen molar-refractivity contribution in [3.8, 4) is 0 Å². The van der Waals surface area contributed by atoms with Crippen LogP contribution in [0.4, 0.5) is 0 Å². The molecule has 0 aliphatic carbocycles. The van der Waals surface area contributed by atoms with Gasteiger partial charge in [-0.25, -0.2) is 0 Å². The Balaban J connectivity index is 2.18. The number of nitrogens with zero attached hydrogens (tertiary/aromatic N) is 1. The predicted octanol–water partition coefficient (Wildman–Crippen LogP) is 4.61. The van der Waals surface area contributed by atoms with Crippen LogP contribution in [0.2, 0.25) is 0 Å². The summed E-state index contributed by atoms with van der Waals surface area (Å²) in [5, 5.41) is 5.85. The van der Waals surface area contributed by atoms with Crippen LogP contribution in [0.15, 0.2) is 59.3 Å². The number of aromatic nitrogens is 1. The minimum atomic E-state index is 0.136. The van der Waals surface area contributed by atoms with E-state index in [9.17, 15) is 0 Å². The van der Waals surface area contributed by atoms with Crippen molar-refractivity contribution in [3.05, 3.63) is 76.0 Å². The molecule has 1 unspecified atom stereocenters. The fourth-order valence-electron chi connectivity index (χ4n) is 2.81. The molecule has 106 valence electrons. The topological polar surface area (TPSA) is 24.9 Å². The molecule has 1 atom stereocenters. The summed E-state index contributed by atoms with van der Waals surface area (Å²) in [4.78, 5) is 4.41. The molecular weight excluding hydrogens is 324 g/mol. The lowest BCUT2D eigenvalue weighted by atomic mass is 9.93. The average Bonchev–Trinajstić information content (AvgIpc) is 2.50. The molecule has 2 nitrogen and oxygen atoms in total. The van der Waals surface area contributed by atoms with Gasteiger partial charge in [0.05, 0.1) is 6.04 Å². The highest BCUT2D eigenvalue weighted by molar-refractivity contribution is 9.10. The van der Waals surface area contributed by atoms with E-state index in [-0.39, 0.29) is 6.04 Å². The molecule has 0 aliphatic rings. The van der Waals surface area contributed by atoms with Crippen molar-refractivity contribution in [2.75, 3.05) is 7.05 Å². The number of aryl methyl sites for hydroxylation is 1. The molecule has 0 aliphatic heterocycles. The highest BCUT2D eigenvalue weighted by atomic mass is 79.9. The highest BCUT2D eigenvalue weighted by Crippen LogP contribution is 2.30. The Hall–Kier alpha value is -1.71. The van der Waals surface area contributed by atoms with Gasteiger partial charge in [0.25, 0.3) is 0 Å². The summed E-state index contributed by atoms with van der Waals surface area (Å²) in [5.41, 5.74) is 3.75. The summed E-state index contributed by atoms with van der Waals surface area (Å²) in [6.07, 6.45) is 3.88. The Morgan fingerprint density at radius 1 is 1.05 bits per heavy atom. The molecule has 1 aromatic heterocycles. The number of rotatable bonds is 3. The van der Waals surface area contributed by atoms with Gasteiger partial charge in [0.2, 0.25) is 0 Å². The molecule has 0 spiro atoms. The zero-order valence-corrected chi connectivity index (χ0v) is 13.7. The standard InChI is InChI=1S/C18H17BrN2/c1-12-9-14(19)7-8-15(12)18(20-2)17-11-21-10-13-5-3-4-6-16(13)17/h3-11,18,20H,1-2H3. The smallest absolute Gasteiger partial charge is 0.0598 e. The molecule has 3 rings (SSSR count). The molecule has 21 heavy (non-hydrogen) atoms. The van der Waals surface area contributed by atoms with Gasteiger partial charge >= 0.3 is 0 Å². The third kappa shape index (κ3) is 2.71. The van der Waals surface area contributed by atoms with Gasteiger partial charge in [-0.1, -0.05) is 46.3 Å². The fourth-order valence-corrected chi connectivity index (χ4v) is 3.29. The van der Waals surface area contributed by atoms with Crippen molar-refractivity contribution >= 4 is 26.7 Å². The third-order valence-electron chi connectivity index (χ3n) is 3.84. The van der Waals surface area contributed by atoms with Crippen LogP contribution in [0.1, 0.15) is 22.7 Å². The first kappa shape index (κ1) is 14.2. The second kappa shape index (κ2) is 5.96. The molecule has 0 saturated carbocycles. The molecule has 0 radical (unpaired) electrons. The van der Waals surface area contributed by atoms with E-state index in [0.717, 1.165) is 4.47 Å². The highest BCUT2D eigenvalue weighted by Gasteiger charge is 2.17. The van der Waals surface area contributed by atoms with E-state index in [2.05, 4.69) is 69.6 Å². The van der Waals surface area contributed by atoms with Crippen molar-refractivity contribution in [2.45, 2.75) is 13.0 Å². The van der Waals surface area contributed by atoms with E-state index >= 15 is 0 Å². The van der Waals surface area contributed by atoms with Gasteiger partial charge in [0.1, 0.15) is 0 Å². The van der Waals surface area contributed by atoms with Crippen LogP contribution in [0.25, 0.3) is 10.8 Å². The number of nitrogens with one attached hydrogen (secondary N) is 1. The first-order valence-electron chi connectivity index (χ1n) is 6.96. The quantitative estimate of drug-likeness (QED) is 0.752. The van der Waals surface area contributed by atoms with Crippen molar-refractivity contribution < 1.29 is 0 Å². The third-order valence-corrected chi connectivity index (χ3v) is 4.33. The zero-order chi connectivity index (χ0) is 14.8. The van der Waals surface area contributed by atoms with Crippen molar-refractivity contribution in [1.82, 2.24) is 10.3 Å². The molecule has 0 amide bonds. The van der Waals surface area contributed by atoms with Gasteiger partial charge in [-0.2, -0.15) is 0 Å². The molecule has 0 bridgehead atoms. The van der Waals surface area contributed by atoms with Gasteiger partial charge < -0.3 is 5.32 Å². The Morgan fingerprint density at radius 3 is 2.62 bits per heavy atom. The van der Waals surface area contributed by atoms with Crippen molar-refractivity contribution in [2.24, 2.45) is 0 Å². The molecule has 2 aromatic carbocycles. The molecule has 3 heteroatoms.